The molecule has 7 heteroatoms. The molecule has 0 radical (unpaired) electrons. The predicted molar refractivity (Wildman–Crippen MR) is 57.7 cm³/mol. The van der Waals surface area contributed by atoms with Gasteiger partial charge >= 0.3 is 6.18 Å². The highest BCUT2D eigenvalue weighted by Gasteiger charge is 2.33. The number of aryl methyl sites for hydroxylation is 1. The van der Waals surface area contributed by atoms with E-state index in [4.69, 9.17) is 10.2 Å². The van der Waals surface area contributed by atoms with Crippen molar-refractivity contribution in [1.29, 1.82) is 0 Å². The van der Waals surface area contributed by atoms with E-state index in [1.807, 2.05) is 0 Å². The van der Waals surface area contributed by atoms with Gasteiger partial charge in [-0.15, -0.1) is 0 Å². The summed E-state index contributed by atoms with van der Waals surface area (Å²) in [7, 11) is 0. The van der Waals surface area contributed by atoms with Gasteiger partial charge in [-0.3, -0.25) is 4.68 Å². The number of rotatable bonds is 3. The Bertz CT molecular complexity index is 542. The van der Waals surface area contributed by atoms with Crippen LogP contribution in [0.4, 0.5) is 13.2 Å². The van der Waals surface area contributed by atoms with Gasteiger partial charge in [0.25, 0.3) is 0 Å². The van der Waals surface area contributed by atoms with Crippen LogP contribution in [0.2, 0.25) is 0 Å². The van der Waals surface area contributed by atoms with Crippen molar-refractivity contribution in [3.05, 3.63) is 41.1 Å². The first-order valence-electron chi connectivity index (χ1n) is 5.29. The summed E-state index contributed by atoms with van der Waals surface area (Å²) in [5, 5.41) is 3.47. The van der Waals surface area contributed by atoms with E-state index in [9.17, 15) is 13.2 Å². The summed E-state index contributed by atoms with van der Waals surface area (Å²) >= 11 is 0. The molecule has 4 nitrogen and oxygen atoms in total. The number of hydrogen-bond donors (Lipinski definition) is 1. The summed E-state index contributed by atoms with van der Waals surface area (Å²) < 4.78 is 43.6. The fourth-order valence-corrected chi connectivity index (χ4v) is 1.62. The van der Waals surface area contributed by atoms with Crippen LogP contribution in [0.1, 0.15) is 22.8 Å². The van der Waals surface area contributed by atoms with Crippen LogP contribution in [-0.4, -0.2) is 9.78 Å². The van der Waals surface area contributed by atoms with E-state index in [1.54, 1.807) is 13.0 Å². The molecule has 0 bridgehead atoms. The van der Waals surface area contributed by atoms with Gasteiger partial charge in [-0.2, -0.15) is 18.3 Å². The predicted octanol–water partition coefficient (Wildman–Crippen LogP) is 2.31. The normalized spacial score (nSPS) is 12.1. The first-order valence-corrected chi connectivity index (χ1v) is 5.29. The van der Waals surface area contributed by atoms with Crippen LogP contribution in [0, 0.1) is 6.92 Å². The van der Waals surface area contributed by atoms with E-state index in [0.29, 0.717) is 11.5 Å². The Balaban J connectivity index is 2.18. The van der Waals surface area contributed by atoms with E-state index in [2.05, 4.69) is 5.10 Å². The lowest BCUT2D eigenvalue weighted by atomic mass is 10.2. The van der Waals surface area contributed by atoms with E-state index in [0.717, 1.165) is 11.6 Å². The third-order valence-corrected chi connectivity index (χ3v) is 2.54. The lowest BCUT2D eigenvalue weighted by Gasteiger charge is -2.02. The fraction of sp³-hybridized carbons (Fsp3) is 0.364. The maximum absolute atomic E-state index is 12.4. The van der Waals surface area contributed by atoms with Crippen LogP contribution >= 0.6 is 0 Å². The van der Waals surface area contributed by atoms with Crippen LogP contribution in [0.15, 0.2) is 22.7 Å². The quantitative estimate of drug-likeness (QED) is 0.920. The summed E-state index contributed by atoms with van der Waals surface area (Å²) in [5.41, 5.74) is 5.29. The first-order chi connectivity index (χ1) is 8.40. The van der Waals surface area contributed by atoms with Crippen molar-refractivity contribution in [3.63, 3.8) is 0 Å². The average molecular weight is 259 g/mol. The molecule has 0 aliphatic rings. The molecule has 0 fully saturated rings. The molecular formula is C11H12F3N3O. The molecule has 0 aliphatic heterocycles. The third-order valence-electron chi connectivity index (χ3n) is 2.54. The standard InChI is InChI=1S/C11H12F3N3O/c1-7-8(4-9(5-15)18-7)6-17-3-2-10(16-17)11(12,13)14/h2-4H,5-6,15H2,1H3. The zero-order valence-electron chi connectivity index (χ0n) is 9.66. The highest BCUT2D eigenvalue weighted by molar-refractivity contribution is 5.21. The Morgan fingerprint density at radius 1 is 1.44 bits per heavy atom. The molecule has 2 rings (SSSR count). The van der Waals surface area contributed by atoms with Crippen molar-refractivity contribution >= 4 is 0 Å². The van der Waals surface area contributed by atoms with Gasteiger partial charge in [-0.25, -0.2) is 0 Å². The highest BCUT2D eigenvalue weighted by Crippen LogP contribution is 2.27. The fourth-order valence-electron chi connectivity index (χ4n) is 1.62. The van der Waals surface area contributed by atoms with Crippen molar-refractivity contribution in [1.82, 2.24) is 9.78 Å². The number of nitrogens with two attached hydrogens (primary N) is 1. The Morgan fingerprint density at radius 3 is 2.67 bits per heavy atom. The average Bonchev–Trinajstić information content (AvgIpc) is 2.86. The van der Waals surface area contributed by atoms with Crippen LogP contribution in [0.25, 0.3) is 0 Å². The molecule has 98 valence electrons. The van der Waals surface area contributed by atoms with Gasteiger partial charge in [-0.1, -0.05) is 0 Å². The third kappa shape index (κ3) is 2.56. The van der Waals surface area contributed by atoms with Crippen LogP contribution in [-0.2, 0) is 19.3 Å². The van der Waals surface area contributed by atoms with Crippen LogP contribution in [0.5, 0.6) is 0 Å². The minimum absolute atomic E-state index is 0.228. The molecule has 2 aromatic heterocycles. The lowest BCUT2D eigenvalue weighted by molar-refractivity contribution is -0.141. The van der Waals surface area contributed by atoms with Gasteiger partial charge < -0.3 is 10.2 Å². The van der Waals surface area contributed by atoms with Crippen LogP contribution in [0.3, 0.4) is 0 Å². The second-order valence-corrected chi connectivity index (χ2v) is 3.89. The minimum Gasteiger partial charge on any atom is -0.465 e. The molecule has 2 N–H and O–H groups in total. The number of halogens is 3. The molecule has 0 amide bonds. The minimum atomic E-state index is -4.42. The summed E-state index contributed by atoms with van der Waals surface area (Å²) in [5.74, 6) is 1.24. The maximum atomic E-state index is 12.4. The summed E-state index contributed by atoms with van der Waals surface area (Å²) in [6.07, 6.45) is -3.13. The number of alkyl halides is 3. The summed E-state index contributed by atoms with van der Waals surface area (Å²) in [6, 6.07) is 2.67. The zero-order valence-corrected chi connectivity index (χ0v) is 9.66. The van der Waals surface area contributed by atoms with Gasteiger partial charge in [0.05, 0.1) is 13.1 Å². The molecule has 0 aromatic carbocycles. The maximum Gasteiger partial charge on any atom is 0.435 e. The van der Waals surface area contributed by atoms with Crippen molar-refractivity contribution in [2.45, 2.75) is 26.2 Å². The van der Waals surface area contributed by atoms with E-state index in [-0.39, 0.29) is 13.1 Å². The van der Waals surface area contributed by atoms with Crippen molar-refractivity contribution in [2.24, 2.45) is 5.73 Å². The second kappa shape index (κ2) is 4.49. The first kappa shape index (κ1) is 12.7. The molecule has 0 saturated heterocycles. The SMILES string of the molecule is Cc1oc(CN)cc1Cn1ccc(C(F)(F)F)n1. The van der Waals surface area contributed by atoms with Crippen molar-refractivity contribution in [2.75, 3.05) is 0 Å². The monoisotopic (exact) mass is 259 g/mol. The number of hydrogen-bond acceptors (Lipinski definition) is 3. The molecule has 0 atom stereocenters. The highest BCUT2D eigenvalue weighted by atomic mass is 19.4. The number of furan rings is 1. The van der Waals surface area contributed by atoms with Crippen LogP contribution < -0.4 is 5.73 Å². The molecule has 18 heavy (non-hydrogen) atoms. The smallest absolute Gasteiger partial charge is 0.435 e. The van der Waals surface area contributed by atoms with Gasteiger partial charge in [-0.05, 0) is 19.1 Å². The topological polar surface area (TPSA) is 57.0 Å². The van der Waals surface area contributed by atoms with Gasteiger partial charge in [0.15, 0.2) is 5.69 Å². The Hall–Kier alpha value is -1.76. The van der Waals surface area contributed by atoms with E-state index in [1.165, 1.54) is 10.9 Å². The lowest BCUT2D eigenvalue weighted by Crippen LogP contribution is -2.08. The zero-order chi connectivity index (χ0) is 13.3. The molecule has 0 aliphatic carbocycles. The molecule has 2 aromatic rings. The Morgan fingerprint density at radius 2 is 2.17 bits per heavy atom. The van der Waals surface area contributed by atoms with Crippen molar-refractivity contribution < 1.29 is 17.6 Å². The summed E-state index contributed by atoms with van der Waals surface area (Å²) in [6.45, 7) is 2.22. The molecule has 2 heterocycles. The molecular weight excluding hydrogens is 247 g/mol. The van der Waals surface area contributed by atoms with E-state index < -0.39 is 11.9 Å². The number of nitrogens with zero attached hydrogens (tertiary/aromatic N) is 2. The summed E-state index contributed by atoms with van der Waals surface area (Å²) in [4.78, 5) is 0. The molecule has 0 saturated carbocycles. The largest absolute Gasteiger partial charge is 0.465 e. The second-order valence-electron chi connectivity index (χ2n) is 3.89. The Labute approximate surface area is 101 Å². The molecule has 0 spiro atoms. The van der Waals surface area contributed by atoms with E-state index >= 15 is 0 Å². The van der Waals surface area contributed by atoms with Gasteiger partial charge in [0, 0.05) is 11.8 Å². The number of aromatic nitrogens is 2. The van der Waals surface area contributed by atoms with Gasteiger partial charge in [0.2, 0.25) is 0 Å². The van der Waals surface area contributed by atoms with Gasteiger partial charge in [0.1, 0.15) is 11.5 Å². The molecule has 0 unspecified atom stereocenters. The Kier molecular flexibility index (Phi) is 3.16. The van der Waals surface area contributed by atoms with Crippen molar-refractivity contribution in [3.8, 4) is 0 Å².